The first-order valence-corrected chi connectivity index (χ1v) is 8.26. The van der Waals surface area contributed by atoms with E-state index in [1.807, 2.05) is 17.7 Å². The normalized spacial score (nSPS) is 15.5. The summed E-state index contributed by atoms with van der Waals surface area (Å²) in [6.45, 7) is 1.29. The molecular formula is C19H14ClN3O3. The smallest absolute Gasteiger partial charge is 0.269 e. The number of nitrogens with zero attached hydrogens (tertiary/aromatic N) is 3. The number of rotatable bonds is 1. The minimum absolute atomic E-state index is 0.0714. The maximum atomic E-state index is 12.8. The molecule has 1 aliphatic rings. The molecule has 1 aromatic heterocycles. The topological polar surface area (TPSA) is 75.4 Å². The SMILES string of the molecule is CC(=O)N1C(=O)/C(=C(/O)c2ccc3c(c2)ncn3C)c2ccc(Cl)cc21. The molecule has 0 atom stereocenters. The summed E-state index contributed by atoms with van der Waals surface area (Å²) in [6.07, 6.45) is 1.67. The maximum absolute atomic E-state index is 12.8. The Morgan fingerprint density at radius 1 is 1.19 bits per heavy atom. The van der Waals surface area contributed by atoms with Crippen molar-refractivity contribution in [2.75, 3.05) is 4.90 Å². The standard InChI is InChI=1S/C19H14ClN3O3/c1-10(24)23-16-8-12(20)4-5-13(16)17(19(23)26)18(25)11-3-6-15-14(7-11)21-9-22(15)2/h3-9,25H,1-2H3/b18-17+. The van der Waals surface area contributed by atoms with Crippen LogP contribution in [0.1, 0.15) is 18.1 Å². The van der Waals surface area contributed by atoms with E-state index in [2.05, 4.69) is 4.98 Å². The summed E-state index contributed by atoms with van der Waals surface area (Å²) in [5, 5.41) is 11.2. The molecule has 1 aliphatic heterocycles. The third-order valence-corrected chi connectivity index (χ3v) is 4.67. The molecule has 1 N–H and O–H groups in total. The van der Waals surface area contributed by atoms with Gasteiger partial charge in [0.2, 0.25) is 5.91 Å². The highest BCUT2D eigenvalue weighted by molar-refractivity contribution is 6.43. The number of aliphatic hydroxyl groups excluding tert-OH is 1. The van der Waals surface area contributed by atoms with Crippen molar-refractivity contribution in [2.24, 2.45) is 7.05 Å². The number of anilines is 1. The summed E-state index contributed by atoms with van der Waals surface area (Å²) in [6, 6.07) is 10.0. The number of hydrogen-bond donors (Lipinski definition) is 1. The van der Waals surface area contributed by atoms with E-state index in [-0.39, 0.29) is 11.3 Å². The van der Waals surface area contributed by atoms with Crippen LogP contribution in [0.5, 0.6) is 0 Å². The second kappa shape index (κ2) is 5.71. The summed E-state index contributed by atoms with van der Waals surface area (Å²) in [5.74, 6) is -1.22. The van der Waals surface area contributed by atoms with Crippen molar-refractivity contribution in [3.05, 3.63) is 58.9 Å². The number of amides is 2. The molecule has 2 aromatic carbocycles. The lowest BCUT2D eigenvalue weighted by Crippen LogP contribution is -2.31. The Balaban J connectivity index is 1.94. The Kier molecular flexibility index (Phi) is 3.59. The van der Waals surface area contributed by atoms with Gasteiger partial charge < -0.3 is 9.67 Å². The van der Waals surface area contributed by atoms with Crippen LogP contribution in [0, 0.1) is 0 Å². The van der Waals surface area contributed by atoms with Crippen molar-refractivity contribution in [3.63, 3.8) is 0 Å². The molecule has 6 nitrogen and oxygen atoms in total. The largest absolute Gasteiger partial charge is 0.506 e. The minimum atomic E-state index is -0.576. The van der Waals surface area contributed by atoms with Crippen molar-refractivity contribution < 1.29 is 14.7 Å². The average molecular weight is 368 g/mol. The summed E-state index contributed by atoms with van der Waals surface area (Å²) in [4.78, 5) is 30.1. The number of aliphatic hydroxyl groups is 1. The van der Waals surface area contributed by atoms with E-state index in [0.29, 0.717) is 27.4 Å². The van der Waals surface area contributed by atoms with Gasteiger partial charge in [0.15, 0.2) is 0 Å². The van der Waals surface area contributed by atoms with Crippen molar-refractivity contribution in [2.45, 2.75) is 6.92 Å². The van der Waals surface area contributed by atoms with E-state index in [1.165, 1.54) is 6.92 Å². The Labute approximate surface area is 153 Å². The molecule has 4 rings (SSSR count). The molecule has 0 aliphatic carbocycles. The summed E-state index contributed by atoms with van der Waals surface area (Å²) < 4.78 is 1.86. The van der Waals surface area contributed by atoms with Gasteiger partial charge in [0.1, 0.15) is 5.76 Å². The van der Waals surface area contributed by atoms with Crippen molar-refractivity contribution in [1.29, 1.82) is 0 Å². The number of carbonyl (C=O) groups excluding carboxylic acids is 2. The summed E-state index contributed by atoms with van der Waals surface area (Å²) >= 11 is 6.01. The van der Waals surface area contributed by atoms with Crippen LogP contribution in [-0.4, -0.2) is 26.5 Å². The van der Waals surface area contributed by atoms with E-state index >= 15 is 0 Å². The van der Waals surface area contributed by atoms with Gasteiger partial charge in [-0.2, -0.15) is 0 Å². The van der Waals surface area contributed by atoms with Gasteiger partial charge >= 0.3 is 0 Å². The molecule has 0 fully saturated rings. The molecule has 0 radical (unpaired) electrons. The van der Waals surface area contributed by atoms with Gasteiger partial charge in [-0.05, 0) is 30.3 Å². The van der Waals surface area contributed by atoms with Gasteiger partial charge in [-0.1, -0.05) is 17.7 Å². The van der Waals surface area contributed by atoms with Crippen LogP contribution in [0.2, 0.25) is 5.02 Å². The van der Waals surface area contributed by atoms with Crippen LogP contribution in [0.3, 0.4) is 0 Å². The number of imide groups is 1. The Hall–Kier alpha value is -3.12. The number of imidazole rings is 1. The lowest BCUT2D eigenvalue weighted by Gasteiger charge is -2.12. The molecule has 0 spiro atoms. The first kappa shape index (κ1) is 16.4. The van der Waals surface area contributed by atoms with Crippen molar-refractivity contribution in [3.8, 4) is 0 Å². The highest BCUT2D eigenvalue weighted by atomic mass is 35.5. The first-order valence-electron chi connectivity index (χ1n) is 7.88. The molecule has 130 valence electrons. The molecule has 26 heavy (non-hydrogen) atoms. The second-order valence-electron chi connectivity index (χ2n) is 6.10. The second-order valence-corrected chi connectivity index (χ2v) is 6.54. The highest BCUT2D eigenvalue weighted by Gasteiger charge is 2.37. The number of carbonyl (C=O) groups is 2. The van der Waals surface area contributed by atoms with Crippen LogP contribution in [-0.2, 0) is 16.6 Å². The Morgan fingerprint density at radius 2 is 1.96 bits per heavy atom. The third kappa shape index (κ3) is 2.30. The van der Waals surface area contributed by atoms with Crippen LogP contribution in [0.4, 0.5) is 5.69 Å². The molecular weight excluding hydrogens is 354 g/mol. The average Bonchev–Trinajstić information content (AvgIpc) is 3.10. The monoisotopic (exact) mass is 367 g/mol. The van der Waals surface area contributed by atoms with Crippen molar-refractivity contribution in [1.82, 2.24) is 9.55 Å². The maximum Gasteiger partial charge on any atom is 0.269 e. The van der Waals surface area contributed by atoms with Gasteiger partial charge in [-0.15, -0.1) is 0 Å². The quantitative estimate of drug-likeness (QED) is 0.527. The fraction of sp³-hybridized carbons (Fsp3) is 0.105. The molecule has 0 saturated heterocycles. The number of aryl methyl sites for hydroxylation is 1. The van der Waals surface area contributed by atoms with E-state index in [1.54, 1.807) is 36.7 Å². The molecule has 2 heterocycles. The Morgan fingerprint density at radius 3 is 2.69 bits per heavy atom. The lowest BCUT2D eigenvalue weighted by molar-refractivity contribution is -0.122. The zero-order valence-corrected chi connectivity index (χ0v) is 14.8. The van der Waals surface area contributed by atoms with Gasteiger partial charge in [-0.25, -0.2) is 9.88 Å². The predicted octanol–water partition coefficient (Wildman–Crippen LogP) is 3.55. The molecule has 3 aromatic rings. The van der Waals surface area contributed by atoms with E-state index in [9.17, 15) is 14.7 Å². The third-order valence-electron chi connectivity index (χ3n) is 4.44. The van der Waals surface area contributed by atoms with Gasteiger partial charge in [0.05, 0.1) is 28.6 Å². The van der Waals surface area contributed by atoms with E-state index in [0.717, 1.165) is 10.4 Å². The molecule has 2 amide bonds. The summed E-state index contributed by atoms with van der Waals surface area (Å²) in [7, 11) is 1.87. The fourth-order valence-electron chi connectivity index (χ4n) is 3.21. The van der Waals surface area contributed by atoms with Gasteiger partial charge in [-0.3, -0.25) is 9.59 Å². The molecule has 0 unspecified atom stereocenters. The first-order chi connectivity index (χ1) is 12.4. The van der Waals surface area contributed by atoms with Crippen LogP contribution in [0.25, 0.3) is 22.4 Å². The fourth-order valence-corrected chi connectivity index (χ4v) is 3.37. The zero-order valence-electron chi connectivity index (χ0n) is 14.0. The number of benzene rings is 2. The van der Waals surface area contributed by atoms with Gasteiger partial charge in [0.25, 0.3) is 5.91 Å². The zero-order chi connectivity index (χ0) is 18.6. The molecule has 0 bridgehead atoms. The van der Waals surface area contributed by atoms with Crippen LogP contribution >= 0.6 is 11.6 Å². The highest BCUT2D eigenvalue weighted by Crippen LogP contribution is 2.41. The molecule has 0 saturated carbocycles. The lowest BCUT2D eigenvalue weighted by atomic mass is 10.0. The molecule has 7 heteroatoms. The van der Waals surface area contributed by atoms with E-state index in [4.69, 9.17) is 11.6 Å². The Bertz CT molecular complexity index is 1130. The van der Waals surface area contributed by atoms with Crippen molar-refractivity contribution >= 4 is 51.5 Å². The summed E-state index contributed by atoms with van der Waals surface area (Å²) in [5.41, 5.74) is 2.96. The number of hydrogen-bond acceptors (Lipinski definition) is 4. The van der Waals surface area contributed by atoms with E-state index < -0.39 is 11.8 Å². The number of fused-ring (bicyclic) bond motifs is 2. The number of aromatic nitrogens is 2. The van der Waals surface area contributed by atoms with Crippen LogP contribution < -0.4 is 4.90 Å². The number of halogens is 1. The van der Waals surface area contributed by atoms with Gasteiger partial charge in [0, 0.05) is 30.1 Å². The predicted molar refractivity (Wildman–Crippen MR) is 99.8 cm³/mol. The minimum Gasteiger partial charge on any atom is -0.506 e. The van der Waals surface area contributed by atoms with Crippen LogP contribution in [0.15, 0.2) is 42.7 Å².